The fourth-order valence-corrected chi connectivity index (χ4v) is 4.73. The molecule has 2 heterocycles. The van der Waals surface area contributed by atoms with Crippen molar-refractivity contribution in [2.24, 2.45) is 5.92 Å². The number of rotatable bonds is 10. The van der Waals surface area contributed by atoms with Crippen LogP contribution in [-0.2, 0) is 27.3 Å². The largest absolute Gasteiger partial charge is 0.481 e. The SMILES string of the molecule is CC(C)C(=S)Nc1ccc(C[C@H]2CN(CC(=O)O)CCN(CC(=O)O)Cc3cccc(n3)C(CC(=O)O)N2)cc1. The number of hydrogen-bond donors (Lipinski definition) is 5. The molecule has 11 nitrogen and oxygen atoms in total. The number of anilines is 1. The number of aromatic nitrogens is 1. The maximum absolute atomic E-state index is 11.8. The molecule has 2 bridgehead atoms. The second-order valence-corrected chi connectivity index (χ2v) is 10.8. The van der Waals surface area contributed by atoms with Crippen LogP contribution in [0.4, 0.5) is 5.69 Å². The Kier molecular flexibility index (Phi) is 11.5. The molecule has 2 atom stereocenters. The molecule has 1 aromatic carbocycles. The van der Waals surface area contributed by atoms with Crippen LogP contribution in [0.5, 0.6) is 0 Å². The molecule has 216 valence electrons. The number of carbonyl (C=O) groups is 3. The van der Waals surface area contributed by atoms with Crippen LogP contribution in [0.25, 0.3) is 0 Å². The van der Waals surface area contributed by atoms with Crippen molar-refractivity contribution < 1.29 is 29.7 Å². The van der Waals surface area contributed by atoms with Gasteiger partial charge in [0.25, 0.3) is 0 Å². The standard InChI is InChI=1S/C28H37N5O6S/c1-18(2)28(40)31-20-8-6-19(7-9-20)12-22-15-33(17-27(38)39)11-10-32(16-26(36)37)14-21-4-3-5-23(29-21)24(30-22)13-25(34)35/h3-9,18,22,24,30H,10-17H2,1-2H3,(H,31,40)(H,34,35)(H,36,37)(H,38,39)/t22-,24?/m0/s1. The van der Waals surface area contributed by atoms with Crippen molar-refractivity contribution in [3.05, 3.63) is 59.4 Å². The summed E-state index contributed by atoms with van der Waals surface area (Å²) in [7, 11) is 0. The highest BCUT2D eigenvalue weighted by Crippen LogP contribution is 2.20. The van der Waals surface area contributed by atoms with Gasteiger partial charge < -0.3 is 26.0 Å². The molecule has 0 fully saturated rings. The molecule has 40 heavy (non-hydrogen) atoms. The average Bonchev–Trinajstić information content (AvgIpc) is 2.86. The molecule has 0 amide bonds. The molecule has 0 radical (unpaired) electrons. The molecule has 2 aromatic rings. The second-order valence-electron chi connectivity index (χ2n) is 10.3. The van der Waals surface area contributed by atoms with E-state index in [0.717, 1.165) is 16.2 Å². The molecule has 12 heteroatoms. The van der Waals surface area contributed by atoms with Crippen molar-refractivity contribution in [3.63, 3.8) is 0 Å². The second kappa shape index (κ2) is 14.8. The van der Waals surface area contributed by atoms with Gasteiger partial charge in [-0.2, -0.15) is 0 Å². The van der Waals surface area contributed by atoms with Crippen LogP contribution in [-0.4, -0.2) is 91.8 Å². The van der Waals surface area contributed by atoms with Gasteiger partial charge in [-0.25, -0.2) is 0 Å². The predicted molar refractivity (Wildman–Crippen MR) is 154 cm³/mol. The number of carboxylic acids is 3. The molecular formula is C28H37N5O6S. The van der Waals surface area contributed by atoms with Gasteiger partial charge in [0.05, 0.1) is 41.9 Å². The number of carboxylic acid groups (broad SMARTS) is 3. The van der Waals surface area contributed by atoms with Gasteiger partial charge in [0.2, 0.25) is 0 Å². The smallest absolute Gasteiger partial charge is 0.317 e. The molecule has 0 saturated carbocycles. The number of pyridine rings is 1. The summed E-state index contributed by atoms with van der Waals surface area (Å²) >= 11 is 5.38. The molecule has 0 saturated heterocycles. The minimum atomic E-state index is -0.999. The maximum Gasteiger partial charge on any atom is 0.317 e. The lowest BCUT2D eigenvalue weighted by molar-refractivity contribution is -0.140. The van der Waals surface area contributed by atoms with Crippen LogP contribution in [0.15, 0.2) is 42.5 Å². The minimum Gasteiger partial charge on any atom is -0.481 e. The fraction of sp³-hybridized carbons (Fsp3) is 0.464. The Morgan fingerprint density at radius 3 is 2.27 bits per heavy atom. The zero-order valence-corrected chi connectivity index (χ0v) is 23.6. The number of hydrogen-bond acceptors (Lipinski definition) is 8. The highest BCUT2D eigenvalue weighted by Gasteiger charge is 2.26. The number of nitrogens with one attached hydrogen (secondary N) is 2. The summed E-state index contributed by atoms with van der Waals surface area (Å²) in [6, 6.07) is 12.1. The quantitative estimate of drug-likeness (QED) is 0.266. The van der Waals surface area contributed by atoms with Crippen molar-refractivity contribution in [2.45, 2.75) is 45.3 Å². The van der Waals surface area contributed by atoms with Gasteiger partial charge in [-0.05, 0) is 36.2 Å². The van der Waals surface area contributed by atoms with E-state index in [1.54, 1.807) is 28.0 Å². The van der Waals surface area contributed by atoms with Gasteiger partial charge in [0, 0.05) is 43.8 Å². The van der Waals surface area contributed by atoms with Crippen LogP contribution in [0.2, 0.25) is 0 Å². The van der Waals surface area contributed by atoms with E-state index in [0.29, 0.717) is 37.4 Å². The summed E-state index contributed by atoms with van der Waals surface area (Å²) in [6.07, 6.45) is 0.278. The Hall–Kier alpha value is -3.45. The fourth-order valence-electron chi connectivity index (χ4n) is 4.61. The Labute approximate surface area is 239 Å². The number of aliphatic carboxylic acids is 3. The minimum absolute atomic E-state index is 0.208. The highest BCUT2D eigenvalue weighted by molar-refractivity contribution is 7.80. The molecule has 1 aliphatic heterocycles. The zero-order chi connectivity index (χ0) is 29.2. The van der Waals surface area contributed by atoms with Crippen molar-refractivity contribution in [3.8, 4) is 0 Å². The number of benzene rings is 1. The number of fused-ring (bicyclic) bond motifs is 2. The lowest BCUT2D eigenvalue weighted by Crippen LogP contribution is -2.48. The summed E-state index contributed by atoms with van der Waals surface area (Å²) in [5.74, 6) is -2.79. The van der Waals surface area contributed by atoms with E-state index < -0.39 is 23.9 Å². The van der Waals surface area contributed by atoms with Crippen molar-refractivity contribution in [1.29, 1.82) is 0 Å². The Bertz CT molecular complexity index is 1190. The molecule has 1 aliphatic rings. The molecule has 0 spiro atoms. The summed E-state index contributed by atoms with van der Waals surface area (Å²) in [6.45, 7) is 4.76. The third kappa shape index (κ3) is 10.3. The van der Waals surface area contributed by atoms with Crippen LogP contribution >= 0.6 is 12.2 Å². The van der Waals surface area contributed by atoms with Gasteiger partial charge in [0.15, 0.2) is 0 Å². The van der Waals surface area contributed by atoms with Gasteiger partial charge in [-0.15, -0.1) is 0 Å². The number of thiocarbonyl (C=S) groups is 1. The van der Waals surface area contributed by atoms with Crippen LogP contribution < -0.4 is 10.6 Å². The summed E-state index contributed by atoms with van der Waals surface area (Å²) in [5.41, 5.74) is 2.99. The first-order valence-corrected chi connectivity index (χ1v) is 13.6. The van der Waals surface area contributed by atoms with Crippen LogP contribution in [0.3, 0.4) is 0 Å². The summed E-state index contributed by atoms with van der Waals surface area (Å²) < 4.78 is 0. The lowest BCUT2D eigenvalue weighted by Gasteiger charge is -2.32. The molecule has 0 aliphatic carbocycles. The maximum atomic E-state index is 11.8. The van der Waals surface area contributed by atoms with Crippen molar-refractivity contribution in [2.75, 3.05) is 38.0 Å². The molecule has 3 rings (SSSR count). The van der Waals surface area contributed by atoms with E-state index in [2.05, 4.69) is 15.6 Å². The average molecular weight is 572 g/mol. The van der Waals surface area contributed by atoms with E-state index in [1.807, 2.05) is 38.1 Å². The third-order valence-corrected chi connectivity index (χ3v) is 7.12. The monoisotopic (exact) mass is 571 g/mol. The molecule has 5 N–H and O–H groups in total. The highest BCUT2D eigenvalue weighted by atomic mass is 32.1. The van der Waals surface area contributed by atoms with Crippen molar-refractivity contribution in [1.82, 2.24) is 20.1 Å². The van der Waals surface area contributed by atoms with Crippen molar-refractivity contribution >= 4 is 40.8 Å². The molecule has 1 unspecified atom stereocenters. The Balaban J connectivity index is 1.93. The van der Waals surface area contributed by atoms with E-state index in [1.165, 1.54) is 0 Å². The van der Waals surface area contributed by atoms with Gasteiger partial charge in [-0.1, -0.05) is 44.3 Å². The van der Waals surface area contributed by atoms with Gasteiger partial charge in [0.1, 0.15) is 0 Å². The van der Waals surface area contributed by atoms with E-state index in [4.69, 9.17) is 12.2 Å². The molecule has 1 aromatic heterocycles. The lowest BCUT2D eigenvalue weighted by atomic mass is 10.0. The summed E-state index contributed by atoms with van der Waals surface area (Å²) in [5, 5.41) is 35.3. The van der Waals surface area contributed by atoms with E-state index in [-0.39, 0.29) is 38.0 Å². The normalized spacial score (nSPS) is 18.9. The van der Waals surface area contributed by atoms with Gasteiger partial charge >= 0.3 is 17.9 Å². The van der Waals surface area contributed by atoms with E-state index in [9.17, 15) is 29.7 Å². The van der Waals surface area contributed by atoms with Crippen LogP contribution in [0, 0.1) is 5.92 Å². The topological polar surface area (TPSA) is 155 Å². The number of nitrogens with zero attached hydrogens (tertiary/aromatic N) is 3. The Morgan fingerprint density at radius 2 is 1.65 bits per heavy atom. The third-order valence-electron chi connectivity index (χ3n) is 6.54. The zero-order valence-electron chi connectivity index (χ0n) is 22.7. The Morgan fingerprint density at radius 1 is 1.00 bits per heavy atom. The first-order chi connectivity index (χ1) is 19.0. The van der Waals surface area contributed by atoms with E-state index >= 15 is 0 Å². The van der Waals surface area contributed by atoms with Gasteiger partial charge in [-0.3, -0.25) is 29.2 Å². The first kappa shape index (κ1) is 31.1. The summed E-state index contributed by atoms with van der Waals surface area (Å²) in [4.78, 5) is 43.9. The van der Waals surface area contributed by atoms with Crippen LogP contribution in [0.1, 0.15) is 43.3 Å². The predicted octanol–water partition coefficient (Wildman–Crippen LogP) is 2.48. The molecular weight excluding hydrogens is 534 g/mol. The first-order valence-electron chi connectivity index (χ1n) is 13.2.